The normalized spacial score (nSPS) is 18.9. The molecule has 1 atom stereocenters. The molecule has 2 N–H and O–H groups in total. The van der Waals surface area contributed by atoms with Crippen molar-refractivity contribution in [1.29, 1.82) is 0 Å². The van der Waals surface area contributed by atoms with Crippen LogP contribution in [0.3, 0.4) is 0 Å². The van der Waals surface area contributed by atoms with Gasteiger partial charge in [-0.2, -0.15) is 4.72 Å². The summed E-state index contributed by atoms with van der Waals surface area (Å²) in [6, 6.07) is 0.419. The number of aromatic nitrogens is 1. The van der Waals surface area contributed by atoms with Gasteiger partial charge in [-0.15, -0.1) is 0 Å². The summed E-state index contributed by atoms with van der Waals surface area (Å²) in [7, 11) is -2.07. The largest absolute Gasteiger partial charge is 0.480 e. The lowest BCUT2D eigenvalue weighted by molar-refractivity contribution is -0.140. The van der Waals surface area contributed by atoms with E-state index >= 15 is 0 Å². The number of hydrogen-bond donors (Lipinski definition) is 2. The fraction of sp³-hybridized carbons (Fsp3) is 0.615. The van der Waals surface area contributed by atoms with Crippen LogP contribution in [0.4, 0.5) is 0 Å². The van der Waals surface area contributed by atoms with Crippen molar-refractivity contribution in [2.45, 2.75) is 43.0 Å². The lowest BCUT2D eigenvalue weighted by atomic mass is 9.84. The van der Waals surface area contributed by atoms with Crippen molar-refractivity contribution in [3.8, 4) is 0 Å². The summed E-state index contributed by atoms with van der Waals surface area (Å²) in [6.45, 7) is 0. The van der Waals surface area contributed by atoms with Crippen LogP contribution in [0.25, 0.3) is 0 Å². The summed E-state index contributed by atoms with van der Waals surface area (Å²) < 4.78 is 28.4. The minimum absolute atomic E-state index is 0.0991. The zero-order valence-corrected chi connectivity index (χ0v) is 12.3. The van der Waals surface area contributed by atoms with Gasteiger partial charge in [0.25, 0.3) is 0 Å². The second-order valence-electron chi connectivity index (χ2n) is 5.35. The van der Waals surface area contributed by atoms with Gasteiger partial charge in [-0.1, -0.05) is 19.3 Å². The maximum atomic E-state index is 12.2. The van der Waals surface area contributed by atoms with Crippen LogP contribution in [-0.4, -0.2) is 30.1 Å². The lowest BCUT2D eigenvalue weighted by Gasteiger charge is -2.27. The number of carbonyl (C=O) groups is 1. The molecule has 2 rings (SSSR count). The molecular weight excluding hydrogens is 280 g/mol. The van der Waals surface area contributed by atoms with E-state index in [0.29, 0.717) is 0 Å². The fourth-order valence-corrected chi connectivity index (χ4v) is 4.00. The summed E-state index contributed by atoms with van der Waals surface area (Å²) in [5.74, 6) is -1.23. The highest BCUT2D eigenvalue weighted by Gasteiger charge is 2.33. The van der Waals surface area contributed by atoms with E-state index in [-0.39, 0.29) is 10.8 Å². The molecule has 7 heteroatoms. The first kappa shape index (κ1) is 15.1. The first-order valence-corrected chi connectivity index (χ1v) is 8.25. The minimum Gasteiger partial charge on any atom is -0.480 e. The topological polar surface area (TPSA) is 88.4 Å². The maximum absolute atomic E-state index is 12.2. The van der Waals surface area contributed by atoms with Crippen molar-refractivity contribution in [1.82, 2.24) is 9.29 Å². The van der Waals surface area contributed by atoms with Gasteiger partial charge in [0.15, 0.2) is 0 Å². The highest BCUT2D eigenvalue weighted by molar-refractivity contribution is 7.89. The Hall–Kier alpha value is -1.34. The number of hydrogen-bond acceptors (Lipinski definition) is 3. The third-order valence-electron chi connectivity index (χ3n) is 3.78. The molecule has 1 aliphatic rings. The number of nitrogens with zero attached hydrogens (tertiary/aromatic N) is 1. The van der Waals surface area contributed by atoms with E-state index in [0.717, 1.165) is 32.1 Å². The van der Waals surface area contributed by atoms with Crippen molar-refractivity contribution >= 4 is 16.0 Å². The van der Waals surface area contributed by atoms with Gasteiger partial charge >= 0.3 is 5.97 Å². The van der Waals surface area contributed by atoms with Crippen LogP contribution in [0.5, 0.6) is 0 Å². The molecular formula is C13H20N2O4S. The minimum atomic E-state index is -3.78. The third-order valence-corrected chi connectivity index (χ3v) is 5.21. The number of aryl methyl sites for hydroxylation is 1. The molecule has 1 aromatic rings. The van der Waals surface area contributed by atoms with Gasteiger partial charge in [-0.25, -0.2) is 8.42 Å². The molecule has 0 aliphatic heterocycles. The molecule has 0 amide bonds. The molecule has 6 nitrogen and oxygen atoms in total. The molecule has 0 spiro atoms. The molecule has 1 unspecified atom stereocenters. The molecule has 1 fully saturated rings. The highest BCUT2D eigenvalue weighted by atomic mass is 32.2. The van der Waals surface area contributed by atoms with Crippen LogP contribution in [0.1, 0.15) is 32.1 Å². The van der Waals surface area contributed by atoms with Crippen molar-refractivity contribution in [3.05, 3.63) is 18.5 Å². The Balaban J connectivity index is 2.17. The van der Waals surface area contributed by atoms with Crippen molar-refractivity contribution in [2.75, 3.05) is 0 Å². The SMILES string of the molecule is Cn1ccc(S(=O)(=O)NC(C(=O)O)C2CCCCC2)c1. The predicted octanol–water partition coefficient (Wildman–Crippen LogP) is 1.34. The predicted molar refractivity (Wildman–Crippen MR) is 73.7 cm³/mol. The number of carboxylic acid groups (broad SMARTS) is 1. The molecule has 1 aromatic heterocycles. The third kappa shape index (κ3) is 3.40. The van der Waals surface area contributed by atoms with Gasteiger partial charge < -0.3 is 9.67 Å². The number of nitrogens with one attached hydrogen (secondary N) is 1. The van der Waals surface area contributed by atoms with Crippen LogP contribution in [0, 0.1) is 5.92 Å². The first-order valence-electron chi connectivity index (χ1n) is 6.77. The van der Waals surface area contributed by atoms with E-state index < -0.39 is 22.0 Å². The van der Waals surface area contributed by atoms with Crippen molar-refractivity contribution < 1.29 is 18.3 Å². The van der Waals surface area contributed by atoms with E-state index in [1.807, 2.05) is 0 Å². The van der Waals surface area contributed by atoms with Crippen LogP contribution in [-0.2, 0) is 21.9 Å². The van der Waals surface area contributed by atoms with Gasteiger partial charge in [-0.3, -0.25) is 4.79 Å². The van der Waals surface area contributed by atoms with Gasteiger partial charge in [0.1, 0.15) is 6.04 Å². The molecule has 1 aliphatic carbocycles. The smallest absolute Gasteiger partial charge is 0.322 e. The monoisotopic (exact) mass is 300 g/mol. The van der Waals surface area contributed by atoms with Gasteiger partial charge in [-0.05, 0) is 24.8 Å². The number of aliphatic carboxylic acids is 1. The van der Waals surface area contributed by atoms with Crippen LogP contribution >= 0.6 is 0 Å². The van der Waals surface area contributed by atoms with Gasteiger partial charge in [0.05, 0.1) is 4.90 Å². The lowest BCUT2D eigenvalue weighted by Crippen LogP contribution is -2.46. The Kier molecular flexibility index (Phi) is 4.49. The van der Waals surface area contributed by atoms with Crippen LogP contribution in [0.2, 0.25) is 0 Å². The van der Waals surface area contributed by atoms with E-state index in [1.165, 1.54) is 12.3 Å². The molecule has 112 valence electrons. The summed E-state index contributed by atoms with van der Waals surface area (Å²) in [4.78, 5) is 11.5. The summed E-state index contributed by atoms with van der Waals surface area (Å²) in [5, 5.41) is 9.31. The molecule has 1 heterocycles. The van der Waals surface area contributed by atoms with Crippen molar-refractivity contribution in [3.63, 3.8) is 0 Å². The molecule has 0 radical (unpaired) electrons. The van der Waals surface area contributed by atoms with Gasteiger partial charge in [0.2, 0.25) is 10.0 Å². The Bertz CT molecular complexity index is 573. The Morgan fingerprint density at radius 1 is 1.40 bits per heavy atom. The number of rotatable bonds is 5. The van der Waals surface area contributed by atoms with Crippen LogP contribution in [0.15, 0.2) is 23.4 Å². The second-order valence-corrected chi connectivity index (χ2v) is 7.06. The van der Waals surface area contributed by atoms with E-state index in [2.05, 4.69) is 4.72 Å². The van der Waals surface area contributed by atoms with Crippen molar-refractivity contribution in [2.24, 2.45) is 13.0 Å². The average molecular weight is 300 g/mol. The number of sulfonamides is 1. The average Bonchev–Trinajstić information content (AvgIpc) is 2.84. The quantitative estimate of drug-likeness (QED) is 0.859. The Morgan fingerprint density at radius 3 is 2.55 bits per heavy atom. The zero-order valence-electron chi connectivity index (χ0n) is 11.4. The van der Waals surface area contributed by atoms with E-state index in [4.69, 9.17) is 0 Å². The fourth-order valence-electron chi connectivity index (χ4n) is 2.69. The summed E-state index contributed by atoms with van der Waals surface area (Å²) >= 11 is 0. The summed E-state index contributed by atoms with van der Waals surface area (Å²) in [5.41, 5.74) is 0. The molecule has 0 saturated heterocycles. The molecule has 0 bridgehead atoms. The summed E-state index contributed by atoms with van der Waals surface area (Å²) in [6.07, 6.45) is 7.60. The molecule has 20 heavy (non-hydrogen) atoms. The van der Waals surface area contributed by atoms with Gasteiger partial charge in [0, 0.05) is 19.4 Å². The molecule has 0 aromatic carbocycles. The maximum Gasteiger partial charge on any atom is 0.322 e. The first-order chi connectivity index (χ1) is 9.40. The van der Waals surface area contributed by atoms with E-state index in [9.17, 15) is 18.3 Å². The highest BCUT2D eigenvalue weighted by Crippen LogP contribution is 2.27. The zero-order chi connectivity index (χ0) is 14.8. The Morgan fingerprint density at radius 2 is 2.05 bits per heavy atom. The Labute approximate surface area is 118 Å². The van der Waals surface area contributed by atoms with E-state index in [1.54, 1.807) is 17.8 Å². The molecule has 1 saturated carbocycles. The second kappa shape index (κ2) is 5.97. The van der Waals surface area contributed by atoms with Crippen LogP contribution < -0.4 is 4.72 Å². The number of carboxylic acids is 1. The standard InChI is InChI=1S/C13H20N2O4S/c1-15-8-7-11(9-15)20(18,19)14-12(13(16)17)10-5-3-2-4-6-10/h7-10,12,14H,2-6H2,1H3,(H,16,17).